The lowest BCUT2D eigenvalue weighted by Gasteiger charge is -2.47. The highest BCUT2D eigenvalue weighted by Gasteiger charge is 2.54. The number of rotatable bonds is 45. The van der Waals surface area contributed by atoms with Crippen LogP contribution in [-0.4, -0.2) is 274 Å². The molecule has 38 heteroatoms. The number of nitrogens with zero attached hydrogens (tertiary/aromatic N) is 1. The number of carbonyl (C=O) groups excluding carboxylic acids is 4. The van der Waals surface area contributed by atoms with Gasteiger partial charge >= 0.3 is 10.4 Å². The first-order valence-electron chi connectivity index (χ1n) is 34.3. The third-order valence-corrected chi connectivity index (χ3v) is 19.6. The molecule has 0 unspecified atom stereocenters. The fourth-order valence-corrected chi connectivity index (χ4v) is 13.3. The zero-order valence-corrected chi connectivity index (χ0v) is 60.2. The first-order valence-corrected chi connectivity index (χ1v) is 37.3. The molecule has 1 saturated heterocycles. The van der Waals surface area contributed by atoms with Gasteiger partial charge in [0.15, 0.2) is 38.6 Å². The second-order valence-corrected chi connectivity index (χ2v) is 28.0. The summed E-state index contributed by atoms with van der Waals surface area (Å²) >= 11 is 0. The van der Waals surface area contributed by atoms with Crippen LogP contribution in [-0.2, 0) is 64.7 Å². The Morgan fingerprint density at radius 2 is 1.19 bits per heavy atom. The van der Waals surface area contributed by atoms with E-state index in [1.54, 1.807) is 12.1 Å². The van der Waals surface area contributed by atoms with E-state index in [2.05, 4.69) is 26.4 Å². The van der Waals surface area contributed by atoms with Gasteiger partial charge in [-0.25, -0.2) is 13.9 Å². The van der Waals surface area contributed by atoms with E-state index in [0.29, 0.717) is 62.0 Å². The average Bonchev–Trinajstić information content (AvgIpc) is 1.10. The number of aliphatic hydroxyl groups excluding tert-OH is 8. The van der Waals surface area contributed by atoms with Crippen LogP contribution in [0.5, 0.6) is 34.5 Å². The average molecular weight is 1560 g/mol. The number of benzene rings is 5. The van der Waals surface area contributed by atoms with E-state index in [1.165, 1.54) is 79.0 Å². The van der Waals surface area contributed by atoms with E-state index in [0.717, 1.165) is 17.7 Å². The van der Waals surface area contributed by atoms with Gasteiger partial charge in [0.1, 0.15) is 60.8 Å². The fourth-order valence-electron chi connectivity index (χ4n) is 11.4. The minimum atomic E-state index is -5.12. The molecule has 1 aliphatic carbocycles. The summed E-state index contributed by atoms with van der Waals surface area (Å²) in [4.78, 5) is 52.3. The van der Waals surface area contributed by atoms with Crippen molar-refractivity contribution in [3.8, 4) is 34.5 Å². The number of Topliss-reactive ketones (excluding diaryl/α,β-unsaturated/α-hetero) is 1. The number of carbonyl (C=O) groups is 4. The number of aryl methyl sites for hydroxylation is 1. The number of hydrogen-bond acceptors (Lipinski definition) is 33. The summed E-state index contributed by atoms with van der Waals surface area (Å²) in [6, 6.07) is 21.3. The third-order valence-electron chi connectivity index (χ3n) is 17.1. The predicted molar refractivity (Wildman–Crippen MR) is 373 cm³/mol. The molecule has 11 atom stereocenters. The Morgan fingerprint density at radius 3 is 1.81 bits per heavy atom. The second kappa shape index (κ2) is 40.7. The van der Waals surface area contributed by atoms with Gasteiger partial charge in [-0.05, 0) is 78.7 Å². The lowest BCUT2D eigenvalue weighted by Crippen LogP contribution is -2.66. The molecule has 5 aromatic carbocycles. The molecule has 3 aliphatic heterocycles. The van der Waals surface area contributed by atoms with E-state index in [9.17, 15) is 76.9 Å². The van der Waals surface area contributed by atoms with Gasteiger partial charge in [-0.1, -0.05) is 42.0 Å². The molecule has 9 rings (SSSR count). The maximum atomic E-state index is 13.6. The van der Waals surface area contributed by atoms with Crippen molar-refractivity contribution in [3.05, 3.63) is 148 Å². The van der Waals surface area contributed by atoms with Gasteiger partial charge in [0, 0.05) is 54.9 Å². The Hall–Kier alpha value is -8.62. The summed E-state index contributed by atoms with van der Waals surface area (Å²) in [7, 11) is -8.74. The van der Waals surface area contributed by atoms with Gasteiger partial charge in [-0.3, -0.25) is 19.2 Å². The smallest absolute Gasteiger partial charge is 0.484 e. The minimum absolute atomic E-state index is 0.0160. The van der Waals surface area contributed by atoms with Crippen molar-refractivity contribution in [2.24, 2.45) is 5.11 Å². The highest BCUT2D eigenvalue weighted by atomic mass is 32.3. The number of nitrogens with one attached hydrogen (secondary N) is 5. The van der Waals surface area contributed by atoms with Crippen molar-refractivity contribution < 1.29 is 142 Å². The van der Waals surface area contributed by atoms with Crippen LogP contribution >= 0.6 is 0 Å². The Morgan fingerprint density at radius 1 is 0.620 bits per heavy atom. The van der Waals surface area contributed by atoms with Gasteiger partial charge in [0.2, 0.25) is 18.8 Å². The summed E-state index contributed by atoms with van der Waals surface area (Å²) < 4.78 is 130. The molecule has 4 aliphatic rings. The summed E-state index contributed by atoms with van der Waals surface area (Å²) in [6.07, 6.45) is -14.2. The first kappa shape index (κ1) is 83.4. The van der Waals surface area contributed by atoms with Crippen molar-refractivity contribution in [3.63, 3.8) is 0 Å². The molecule has 36 nitrogen and oxygen atoms in total. The first-order chi connectivity index (χ1) is 52.0. The van der Waals surface area contributed by atoms with Crippen LogP contribution in [0.15, 0.2) is 119 Å². The zero-order valence-electron chi connectivity index (χ0n) is 58.5. The van der Waals surface area contributed by atoms with Crippen LogP contribution in [0.25, 0.3) is 0 Å². The normalized spacial score (nSPS) is 21.7. The van der Waals surface area contributed by atoms with Crippen LogP contribution < -0.4 is 48.6 Å². The van der Waals surface area contributed by atoms with Crippen LogP contribution in [0.2, 0.25) is 0 Å². The van der Waals surface area contributed by atoms with Gasteiger partial charge in [0.25, 0.3) is 17.7 Å². The van der Waals surface area contributed by atoms with E-state index in [-0.39, 0.29) is 154 Å². The Balaban J connectivity index is 0.605. The van der Waals surface area contributed by atoms with Crippen molar-refractivity contribution in [1.82, 2.24) is 21.3 Å². The maximum absolute atomic E-state index is 13.6. The molecule has 590 valence electrons. The van der Waals surface area contributed by atoms with Gasteiger partial charge in [-0.15, -0.1) is 8.42 Å². The summed E-state index contributed by atoms with van der Waals surface area (Å²) in [5.74, 6) is -4.93. The van der Waals surface area contributed by atoms with Gasteiger partial charge < -0.3 is 127 Å². The molecular formula is C70H88N6O30S2. The standard InChI is InChI=1S/C70H88N6O30S2/c1-41-2-13-48(14-3-41)107(89,90)33-16-50(78)43-6-8-44(9-7-43)67(86)73-18-21-94-25-28-97-29-30-98-31-32-99-39-46(76-71)36-72-17-20-93-23-26-96-27-24-95-22-19-74-68(87)45-10-15-51(103-70-64(85)61(82)58(79)54(37-77)104-70)52(34-45)106-108(91,92)105-47-11-4-42(5-12-47)38-100-66-56-49(35-53-65(66)102-40-101-53)55-57(75-69(56)88)60(81)63(84)62(83)59(55)80/h2-15,34-36,54-55,57-64,70-72,77,79-85H,16-33,37-40H2,1H3,(H,73,86)(H,74,87)(H,75,88)/b46-36-,76-71?/t54-,55-,57-,58+,59-,60+,61+,62+,63+,64-,70-/m1/s1. The molecule has 1 saturated carbocycles. The largest absolute Gasteiger partial charge is 0.501 e. The molecule has 0 radical (unpaired) electrons. The third kappa shape index (κ3) is 23.2. The number of sulfone groups is 1. The van der Waals surface area contributed by atoms with Crippen molar-refractivity contribution in [2.45, 2.75) is 91.9 Å². The molecule has 3 amide bonds. The zero-order chi connectivity index (χ0) is 77.3. The number of aliphatic hydroxyl groups is 8. The molecule has 3 heterocycles. The lowest BCUT2D eigenvalue weighted by molar-refractivity contribution is -0.277. The number of hydrogen-bond donors (Lipinski definition) is 13. The molecule has 0 aromatic heterocycles. The lowest BCUT2D eigenvalue weighted by atomic mass is 9.70. The molecule has 5 aromatic rings. The summed E-state index contributed by atoms with van der Waals surface area (Å²) in [5, 5.41) is 98.2. The van der Waals surface area contributed by atoms with Crippen molar-refractivity contribution in [1.29, 1.82) is 5.53 Å². The van der Waals surface area contributed by atoms with Crippen LogP contribution in [0.4, 0.5) is 0 Å². The molecular weight excluding hydrogens is 1470 g/mol. The monoisotopic (exact) mass is 1560 g/mol. The van der Waals surface area contributed by atoms with E-state index in [4.69, 9.17) is 70.7 Å². The van der Waals surface area contributed by atoms with Crippen molar-refractivity contribution >= 4 is 43.7 Å². The predicted octanol–water partition coefficient (Wildman–Crippen LogP) is -0.379. The number of fused-ring (bicyclic) bond motifs is 4. The van der Waals surface area contributed by atoms with Crippen LogP contribution in [0.1, 0.15) is 70.5 Å². The van der Waals surface area contributed by atoms with E-state index in [1.807, 2.05) is 6.92 Å². The molecule has 13 N–H and O–H groups in total. The number of ether oxygens (including phenoxy) is 12. The van der Waals surface area contributed by atoms with Gasteiger partial charge in [0.05, 0.1) is 127 Å². The van der Waals surface area contributed by atoms with Gasteiger partial charge in [-0.2, -0.15) is 5.11 Å². The molecule has 0 spiro atoms. The molecule has 0 bridgehead atoms. The topological polar surface area (TPSA) is 512 Å². The van der Waals surface area contributed by atoms with Crippen LogP contribution in [0.3, 0.4) is 0 Å². The molecule has 2 fully saturated rings. The Labute approximate surface area is 620 Å². The summed E-state index contributed by atoms with van der Waals surface area (Å²) in [5.41, 5.74) is 9.65. The second-order valence-electron chi connectivity index (χ2n) is 24.7. The highest BCUT2D eigenvalue weighted by molar-refractivity contribution is 7.91. The van der Waals surface area contributed by atoms with E-state index >= 15 is 0 Å². The number of ketones is 1. The molecule has 108 heavy (non-hydrogen) atoms. The van der Waals surface area contributed by atoms with Crippen molar-refractivity contribution in [2.75, 3.05) is 131 Å². The van der Waals surface area contributed by atoms with Crippen LogP contribution in [0, 0.1) is 12.5 Å². The summed E-state index contributed by atoms with van der Waals surface area (Å²) in [6.45, 7) is 4.40. The van der Waals surface area contributed by atoms with E-state index < -0.39 is 117 Å². The fraction of sp³-hybridized carbons (Fsp3) is 0.486. The number of amides is 3. The minimum Gasteiger partial charge on any atom is -0.484 e. The maximum Gasteiger partial charge on any atom is 0.501 e. The highest BCUT2D eigenvalue weighted by Crippen LogP contribution is 2.51. The quantitative estimate of drug-likeness (QED) is 0.0134. The Kier molecular flexibility index (Phi) is 31.4. The SMILES string of the molecule is Cc1ccc(S(=O)(=O)CCC(=O)c2ccc(C(=O)NCCOCCOCCOCCOC/C(=C/NCCOCCOCCOCCNC(=O)c3ccc(O[C@@H]4O[C@H](CO)[C@H](O)[C@H](O)[C@H]4O)c(OS(=O)(=O)Oc4ccc(COc5c6c(cc7c5C(=O)N[C@H]5[C@H](O)[C@H](O)[C@@H](O)[C@H](O)[C@H]75)OCO6)cc4)c3)N=N)cc2)cc1. The Bertz CT molecular complexity index is 4070.